The lowest BCUT2D eigenvalue weighted by molar-refractivity contribution is -0.219. The van der Waals surface area contributed by atoms with E-state index in [2.05, 4.69) is 29.9 Å². The number of hydrogen-bond acceptors (Lipinski definition) is 13. The Morgan fingerprint density at radius 1 is 0.612 bits per heavy atom. The minimum Gasteiger partial charge on any atom is -0.508 e. The Bertz CT molecular complexity index is 2710. The highest BCUT2D eigenvalue weighted by Crippen LogP contribution is 2.41. The van der Waals surface area contributed by atoms with Crippen molar-refractivity contribution < 1.29 is 55.2 Å². The van der Waals surface area contributed by atoms with Gasteiger partial charge in [-0.25, -0.2) is 9.97 Å². The molecule has 0 saturated heterocycles. The number of ketones is 1. The number of rotatable bonds is 13. The number of halogens is 9. The number of alkyl halides is 6. The number of Topliss-reactive ketones (excluding diaryl/α,β-unsaturated/α-hetero) is 1. The SMILES string of the molecule is COc1nc(-c2ccc(O)cc2)nc(-c2cc(CN)ccc2Cl)n1.COc1nc(-c2ccc(OC(=O)C(C)(C)C(F)(F)F)cc2)nc(-c2cc(CCC(=O)C(C)(C)C(F)(F)F)ccc2Cl)n1.Cl. The maximum atomic E-state index is 13.2. The molecule has 6 aromatic rings. The van der Waals surface area contributed by atoms with Gasteiger partial charge in [0.25, 0.3) is 0 Å². The molecule has 0 aliphatic heterocycles. The van der Waals surface area contributed by atoms with Gasteiger partial charge in [-0.2, -0.15) is 46.3 Å². The number of benzene rings is 4. The number of carbonyl (C=O) groups excluding carboxylic acids is 2. The summed E-state index contributed by atoms with van der Waals surface area (Å²) in [5.74, 6) is -1.48. The number of hydrogen-bond donors (Lipinski definition) is 2. The second kappa shape index (κ2) is 21.6. The van der Waals surface area contributed by atoms with Crippen molar-refractivity contribution >= 4 is 47.4 Å². The van der Waals surface area contributed by atoms with E-state index >= 15 is 0 Å². The summed E-state index contributed by atoms with van der Waals surface area (Å²) in [6.07, 6.45) is -9.86. The summed E-state index contributed by atoms with van der Waals surface area (Å²) in [6.45, 7) is 3.48. The first-order chi connectivity index (χ1) is 30.9. The van der Waals surface area contributed by atoms with Gasteiger partial charge in [0.15, 0.2) is 28.7 Å². The molecule has 0 unspecified atom stereocenters. The van der Waals surface area contributed by atoms with Crippen LogP contribution in [-0.4, -0.2) is 73.3 Å². The monoisotopic (exact) mass is 995 g/mol. The number of nitrogens with two attached hydrogens (primary N) is 1. The largest absolute Gasteiger partial charge is 0.508 e. The van der Waals surface area contributed by atoms with Crippen LogP contribution in [0.15, 0.2) is 84.9 Å². The smallest absolute Gasteiger partial charge is 0.404 e. The predicted molar refractivity (Wildman–Crippen MR) is 240 cm³/mol. The van der Waals surface area contributed by atoms with Crippen LogP contribution >= 0.6 is 35.6 Å². The highest BCUT2D eigenvalue weighted by molar-refractivity contribution is 6.33. The van der Waals surface area contributed by atoms with Gasteiger partial charge in [-0.3, -0.25) is 9.59 Å². The molecule has 0 bridgehead atoms. The molecule has 22 heteroatoms. The van der Waals surface area contributed by atoms with Crippen LogP contribution in [0, 0.1) is 10.8 Å². The fraction of sp³-hybridized carbons (Fsp3) is 0.289. The first-order valence-corrected chi connectivity index (χ1v) is 20.3. The molecular weight excluding hydrogens is 955 g/mol. The molecule has 0 amide bonds. The molecule has 0 aliphatic rings. The molecule has 0 radical (unpaired) electrons. The van der Waals surface area contributed by atoms with Crippen molar-refractivity contribution in [2.24, 2.45) is 16.6 Å². The van der Waals surface area contributed by atoms with Crippen molar-refractivity contribution in [3.63, 3.8) is 0 Å². The van der Waals surface area contributed by atoms with E-state index < -0.39 is 34.9 Å². The number of ether oxygens (including phenoxy) is 3. The number of phenolic OH excluding ortho intramolecular Hbond substituents is 1. The van der Waals surface area contributed by atoms with Crippen LogP contribution in [0.25, 0.3) is 45.6 Å². The van der Waals surface area contributed by atoms with Crippen molar-refractivity contribution in [3.8, 4) is 69.1 Å². The summed E-state index contributed by atoms with van der Waals surface area (Å²) in [5, 5.41) is 10.1. The molecule has 356 valence electrons. The van der Waals surface area contributed by atoms with E-state index in [0.29, 0.717) is 59.3 Å². The second-order valence-corrected chi connectivity index (χ2v) is 16.2. The van der Waals surface area contributed by atoms with Crippen LogP contribution in [0.2, 0.25) is 10.0 Å². The number of phenols is 1. The Hall–Kier alpha value is -6.15. The Morgan fingerprint density at radius 2 is 1.03 bits per heavy atom. The number of methoxy groups -OCH3 is 2. The lowest BCUT2D eigenvalue weighted by atomic mass is 9.84. The van der Waals surface area contributed by atoms with E-state index in [1.54, 1.807) is 42.5 Å². The molecule has 0 aliphatic carbocycles. The molecule has 0 fully saturated rings. The van der Waals surface area contributed by atoms with Gasteiger partial charge in [0, 0.05) is 35.2 Å². The summed E-state index contributed by atoms with van der Waals surface area (Å²) >= 11 is 12.7. The van der Waals surface area contributed by atoms with Crippen LogP contribution in [0.5, 0.6) is 23.5 Å². The topological polar surface area (TPSA) is 185 Å². The van der Waals surface area contributed by atoms with Gasteiger partial charge >= 0.3 is 30.3 Å². The average Bonchev–Trinajstić information content (AvgIpc) is 3.28. The first-order valence-electron chi connectivity index (χ1n) is 19.5. The van der Waals surface area contributed by atoms with Crippen LogP contribution < -0.4 is 19.9 Å². The molecule has 2 heterocycles. The zero-order valence-electron chi connectivity index (χ0n) is 36.4. The van der Waals surface area contributed by atoms with E-state index in [1.165, 1.54) is 44.6 Å². The van der Waals surface area contributed by atoms with Crippen molar-refractivity contribution in [2.45, 2.75) is 59.4 Å². The van der Waals surface area contributed by atoms with Gasteiger partial charge in [0.1, 0.15) is 22.7 Å². The number of aromatic nitrogens is 6. The van der Waals surface area contributed by atoms with E-state index in [9.17, 15) is 41.0 Å². The molecule has 4 aromatic carbocycles. The van der Waals surface area contributed by atoms with Gasteiger partial charge < -0.3 is 25.1 Å². The van der Waals surface area contributed by atoms with Crippen molar-refractivity contribution in [3.05, 3.63) is 106 Å². The zero-order chi connectivity index (χ0) is 48.8. The fourth-order valence-electron chi connectivity index (χ4n) is 5.53. The van der Waals surface area contributed by atoms with Gasteiger partial charge in [0.05, 0.1) is 24.3 Å². The predicted octanol–water partition coefficient (Wildman–Crippen LogP) is 10.9. The quantitative estimate of drug-likeness (QED) is 0.0633. The Kier molecular flexibility index (Phi) is 17.3. The summed E-state index contributed by atoms with van der Waals surface area (Å²) in [4.78, 5) is 50.2. The highest BCUT2D eigenvalue weighted by Gasteiger charge is 2.54. The van der Waals surface area contributed by atoms with E-state index in [1.807, 2.05) is 12.1 Å². The van der Waals surface area contributed by atoms with E-state index in [0.717, 1.165) is 25.0 Å². The molecule has 0 spiro atoms. The first kappa shape index (κ1) is 53.5. The molecular formula is C45H42Cl3F6N7O6. The molecule has 0 atom stereocenters. The molecule has 2 aromatic heterocycles. The van der Waals surface area contributed by atoms with Crippen molar-refractivity contribution in [1.29, 1.82) is 0 Å². The van der Waals surface area contributed by atoms with Gasteiger partial charge in [0.2, 0.25) is 0 Å². The summed E-state index contributed by atoms with van der Waals surface area (Å²) in [6, 6.07) is 22.0. The maximum absolute atomic E-state index is 13.2. The summed E-state index contributed by atoms with van der Waals surface area (Å²) < 4.78 is 94.4. The summed E-state index contributed by atoms with van der Waals surface area (Å²) in [5.41, 5.74) is 3.92. The number of esters is 1. The average molecular weight is 997 g/mol. The highest BCUT2D eigenvalue weighted by atomic mass is 35.5. The number of aryl methyl sites for hydroxylation is 1. The summed E-state index contributed by atoms with van der Waals surface area (Å²) in [7, 11) is 2.79. The molecule has 13 nitrogen and oxygen atoms in total. The van der Waals surface area contributed by atoms with E-state index in [4.69, 9.17) is 43.1 Å². The Balaban J connectivity index is 0.000000331. The van der Waals surface area contributed by atoms with Crippen LogP contribution in [0.3, 0.4) is 0 Å². The van der Waals surface area contributed by atoms with Crippen LogP contribution in [0.4, 0.5) is 26.3 Å². The number of carbonyl (C=O) groups is 2. The maximum Gasteiger partial charge on any atom is 0.404 e. The molecule has 67 heavy (non-hydrogen) atoms. The lowest BCUT2D eigenvalue weighted by Gasteiger charge is -2.26. The lowest BCUT2D eigenvalue weighted by Crippen LogP contribution is -2.42. The van der Waals surface area contributed by atoms with E-state index in [-0.39, 0.29) is 65.4 Å². The number of nitrogens with zero attached hydrogens (tertiary/aromatic N) is 6. The minimum absolute atomic E-state index is 0. The zero-order valence-corrected chi connectivity index (χ0v) is 38.7. The Labute approximate surface area is 396 Å². The van der Waals surface area contributed by atoms with Crippen LogP contribution in [0.1, 0.15) is 45.2 Å². The third-order valence-corrected chi connectivity index (χ3v) is 10.7. The minimum atomic E-state index is -4.81. The third-order valence-electron chi connectivity index (χ3n) is 10.1. The Morgan fingerprint density at radius 3 is 1.46 bits per heavy atom. The van der Waals surface area contributed by atoms with Gasteiger partial charge in [-0.05, 0) is 118 Å². The second-order valence-electron chi connectivity index (χ2n) is 15.4. The van der Waals surface area contributed by atoms with Gasteiger partial charge in [-0.1, -0.05) is 35.3 Å². The van der Waals surface area contributed by atoms with Crippen LogP contribution in [-0.2, 0) is 22.6 Å². The number of aromatic hydroxyl groups is 1. The van der Waals surface area contributed by atoms with Gasteiger partial charge in [-0.15, -0.1) is 12.4 Å². The molecule has 0 saturated carbocycles. The fourth-order valence-corrected chi connectivity index (χ4v) is 5.93. The van der Waals surface area contributed by atoms with Crippen molar-refractivity contribution in [1.82, 2.24) is 29.9 Å². The molecule has 6 rings (SSSR count). The normalized spacial score (nSPS) is 11.7. The van der Waals surface area contributed by atoms with Crippen molar-refractivity contribution in [2.75, 3.05) is 14.2 Å². The molecule has 3 N–H and O–H groups in total. The standard InChI is InChI=1S/C28H26ClF6N3O4.C17H15ClN4O2.ClH/c1-25(2,27(30,31)32)20(39)13-7-15-6-12-19(29)18(14-15)22-36-21(37-24(38-22)41-5)16-8-10-17(11-9-16)42-23(40)26(3,4)28(33,34)35;1-24-17-21-15(11-3-5-12(23)6-4-11)20-16(22-17)13-8-10(9-19)2-7-14(13)18;/h6,8-12,14H,7,13H2,1-5H3;2-8,23H,9,19H2,1H3;1H. The third kappa shape index (κ3) is 12.8.